The molecule has 2 atom stereocenters. The Hall–Kier alpha value is -6.44. The lowest BCUT2D eigenvalue weighted by Crippen LogP contribution is -2.44. The smallest absolute Gasteiger partial charge is 0.316 e. The van der Waals surface area contributed by atoms with Crippen LogP contribution >= 0.6 is 11.6 Å². The summed E-state index contributed by atoms with van der Waals surface area (Å²) in [5.74, 6) is -0.118. The minimum absolute atomic E-state index is 0.0591. The number of urea groups is 1. The predicted molar refractivity (Wildman–Crippen MR) is 224 cm³/mol. The normalized spacial score (nSPS) is 13.6. The van der Waals surface area contributed by atoms with Crippen molar-refractivity contribution in [1.29, 1.82) is 10.5 Å². The molecule has 1 aliphatic rings. The molecule has 6 rings (SSSR count). The van der Waals surface area contributed by atoms with Crippen LogP contribution in [0.3, 0.4) is 0 Å². The lowest BCUT2D eigenvalue weighted by molar-refractivity contribution is -0.139. The number of ether oxygens (including phenoxy) is 2. The Labute approximate surface area is 348 Å². The van der Waals surface area contributed by atoms with Crippen molar-refractivity contribution >= 4 is 23.6 Å². The van der Waals surface area contributed by atoms with Crippen LogP contribution in [-0.4, -0.2) is 46.4 Å². The number of nitrogens with one attached hydrogen (secondary N) is 3. The van der Waals surface area contributed by atoms with Crippen molar-refractivity contribution in [1.82, 2.24) is 20.9 Å². The van der Waals surface area contributed by atoms with E-state index >= 15 is 0 Å². The molecule has 0 radical (unpaired) electrons. The SMILES string of the molecule is Cc1c(COc2cc(OCc3cncc(C#N)c3)c(CCC[C@@H](O)CC(=O)O)cc2Cl)cccc1-c1cccc(-c2ccc3c(c2)CNCC3NC(=O)NCC#N)c1C. The number of carboxylic acids is 1. The predicted octanol–water partition coefficient (Wildman–Crippen LogP) is 7.84. The number of aryl methyl sites for hydroxylation is 1. The molecule has 0 saturated heterocycles. The molecule has 13 heteroatoms. The number of aliphatic hydroxyl groups is 1. The molecule has 0 saturated carbocycles. The van der Waals surface area contributed by atoms with Crippen molar-refractivity contribution < 1.29 is 29.3 Å². The van der Waals surface area contributed by atoms with E-state index in [9.17, 15) is 20.0 Å². The number of aromatic nitrogens is 1. The average molecular weight is 813 g/mol. The number of nitrogens with zero attached hydrogens (tertiary/aromatic N) is 3. The van der Waals surface area contributed by atoms with Crippen LogP contribution in [0.2, 0.25) is 5.02 Å². The van der Waals surface area contributed by atoms with Gasteiger partial charge >= 0.3 is 12.0 Å². The number of aliphatic carboxylic acids is 1. The molecule has 4 aromatic carbocycles. The third-order valence-electron chi connectivity index (χ3n) is 10.4. The summed E-state index contributed by atoms with van der Waals surface area (Å²) in [6.07, 6.45) is 3.10. The highest BCUT2D eigenvalue weighted by Gasteiger charge is 2.23. The second kappa shape index (κ2) is 19.8. The number of benzene rings is 4. The van der Waals surface area contributed by atoms with Crippen LogP contribution in [0.5, 0.6) is 11.5 Å². The Morgan fingerprint density at radius 3 is 2.49 bits per heavy atom. The van der Waals surface area contributed by atoms with Gasteiger partial charge in [0.05, 0.1) is 35.2 Å². The molecule has 59 heavy (non-hydrogen) atoms. The lowest BCUT2D eigenvalue weighted by atomic mass is 9.87. The molecular formula is C46H45ClN6O6. The Morgan fingerprint density at radius 1 is 0.949 bits per heavy atom. The molecular weight excluding hydrogens is 768 g/mol. The number of aliphatic hydroxyl groups excluding tert-OH is 1. The van der Waals surface area contributed by atoms with Crippen LogP contribution in [0, 0.1) is 36.5 Å². The fraction of sp³-hybridized carbons (Fsp3) is 0.283. The number of rotatable bonds is 16. The topological polar surface area (TPSA) is 190 Å². The summed E-state index contributed by atoms with van der Waals surface area (Å²) in [4.78, 5) is 27.5. The van der Waals surface area contributed by atoms with E-state index in [0.717, 1.165) is 55.6 Å². The second-order valence-electron chi connectivity index (χ2n) is 14.5. The van der Waals surface area contributed by atoms with E-state index in [4.69, 9.17) is 31.4 Å². The van der Waals surface area contributed by atoms with Gasteiger partial charge in [0.15, 0.2) is 0 Å². The third-order valence-corrected chi connectivity index (χ3v) is 10.7. The van der Waals surface area contributed by atoms with Gasteiger partial charge < -0.3 is 35.6 Å². The van der Waals surface area contributed by atoms with E-state index in [2.05, 4.69) is 83.3 Å². The highest BCUT2D eigenvalue weighted by molar-refractivity contribution is 6.32. The van der Waals surface area contributed by atoms with Crippen LogP contribution in [0.15, 0.2) is 85.2 Å². The van der Waals surface area contributed by atoms with Crippen molar-refractivity contribution in [2.45, 2.75) is 71.4 Å². The molecule has 302 valence electrons. The van der Waals surface area contributed by atoms with Crippen molar-refractivity contribution in [2.24, 2.45) is 0 Å². The first-order chi connectivity index (χ1) is 28.5. The van der Waals surface area contributed by atoms with Gasteiger partial charge in [-0.05, 0) is 107 Å². The highest BCUT2D eigenvalue weighted by atomic mass is 35.5. The zero-order valence-corrected chi connectivity index (χ0v) is 33.6. The number of hydrogen-bond donors (Lipinski definition) is 5. The number of carboxylic acid groups (broad SMARTS) is 1. The van der Waals surface area contributed by atoms with E-state index < -0.39 is 12.1 Å². The summed E-state index contributed by atoms with van der Waals surface area (Å²) in [5, 5.41) is 46.6. The molecule has 0 bridgehead atoms. The largest absolute Gasteiger partial charge is 0.488 e. The average Bonchev–Trinajstić information content (AvgIpc) is 3.22. The molecule has 0 spiro atoms. The van der Waals surface area contributed by atoms with Crippen molar-refractivity contribution in [3.05, 3.63) is 135 Å². The number of nitriles is 2. The molecule has 0 aliphatic carbocycles. The summed E-state index contributed by atoms with van der Waals surface area (Å²) < 4.78 is 12.6. The first-order valence-electron chi connectivity index (χ1n) is 19.3. The minimum atomic E-state index is -1.06. The maximum absolute atomic E-state index is 12.3. The van der Waals surface area contributed by atoms with Crippen molar-refractivity contribution in [3.63, 3.8) is 0 Å². The zero-order valence-electron chi connectivity index (χ0n) is 32.8. The van der Waals surface area contributed by atoms with Gasteiger partial charge in [-0.2, -0.15) is 10.5 Å². The Balaban J connectivity index is 1.21. The van der Waals surface area contributed by atoms with Crippen molar-refractivity contribution in [2.75, 3.05) is 13.1 Å². The number of amides is 2. The number of carbonyl (C=O) groups is 2. The lowest BCUT2D eigenvalue weighted by Gasteiger charge is -2.28. The Bertz CT molecular complexity index is 2420. The van der Waals surface area contributed by atoms with Gasteiger partial charge in [-0.1, -0.05) is 60.1 Å². The van der Waals surface area contributed by atoms with Gasteiger partial charge in [0.1, 0.15) is 37.3 Å². The van der Waals surface area contributed by atoms with Gasteiger partial charge in [-0.15, -0.1) is 0 Å². The molecule has 0 fully saturated rings. The molecule has 1 aliphatic heterocycles. The maximum Gasteiger partial charge on any atom is 0.316 e. The summed E-state index contributed by atoms with van der Waals surface area (Å²) in [7, 11) is 0. The van der Waals surface area contributed by atoms with Crippen LogP contribution in [0.1, 0.15) is 69.8 Å². The van der Waals surface area contributed by atoms with E-state index in [1.807, 2.05) is 18.2 Å². The van der Waals surface area contributed by atoms with Gasteiger partial charge in [0.25, 0.3) is 0 Å². The van der Waals surface area contributed by atoms with Gasteiger partial charge in [0, 0.05) is 37.1 Å². The molecule has 2 heterocycles. The third kappa shape index (κ3) is 10.7. The summed E-state index contributed by atoms with van der Waals surface area (Å²) in [6, 6.07) is 27.4. The highest BCUT2D eigenvalue weighted by Crippen LogP contribution is 2.38. The zero-order chi connectivity index (χ0) is 41.9. The number of hydrogen-bond acceptors (Lipinski definition) is 9. The monoisotopic (exact) mass is 812 g/mol. The molecule has 2 amide bonds. The first kappa shape index (κ1) is 42.2. The van der Waals surface area contributed by atoms with Crippen molar-refractivity contribution in [3.8, 4) is 45.9 Å². The Kier molecular flexibility index (Phi) is 14.2. The van der Waals surface area contributed by atoms with Crippen LogP contribution in [0.25, 0.3) is 22.3 Å². The van der Waals surface area contributed by atoms with Crippen LogP contribution < -0.4 is 25.4 Å². The number of fused-ring (bicyclic) bond motifs is 1. The molecule has 5 aromatic rings. The fourth-order valence-electron chi connectivity index (χ4n) is 7.35. The van der Waals surface area contributed by atoms with Gasteiger partial charge in [-0.3, -0.25) is 9.78 Å². The number of halogens is 1. The standard InChI is InChI=1S/C46H45ClN6O6/c1-28-34(27-59-44-20-43(58-26-31-16-30(21-49)22-50-23-31)33(18-41(44)47)6-3-8-36(54)19-45(55)56)7-4-10-38(28)39-11-5-9-37(29(39)2)32-12-13-40-35(17-32)24-51-25-42(40)53-46(57)52-15-14-48/h4-5,7,9-13,16-18,20,22-23,36,42,51,54H,3,6,8,15,19,24-27H2,1-2H3,(H,55,56)(H2,52,53,57)/t36-,42?/m1/s1. The number of pyridine rings is 1. The van der Waals surface area contributed by atoms with Crippen LogP contribution in [-0.2, 0) is 31.0 Å². The summed E-state index contributed by atoms with van der Waals surface area (Å²) in [5.41, 5.74) is 11.5. The van der Waals surface area contributed by atoms with E-state index in [-0.39, 0.29) is 38.3 Å². The molecule has 12 nitrogen and oxygen atoms in total. The molecule has 1 aromatic heterocycles. The number of carbonyl (C=O) groups excluding carboxylic acids is 1. The molecule has 1 unspecified atom stereocenters. The first-order valence-corrected chi connectivity index (χ1v) is 19.7. The second-order valence-corrected chi connectivity index (χ2v) is 14.9. The summed E-state index contributed by atoms with van der Waals surface area (Å²) >= 11 is 6.80. The quantitative estimate of drug-likeness (QED) is 0.0614. The molecule has 5 N–H and O–H groups in total. The van der Waals surface area contributed by atoms with Gasteiger partial charge in [-0.25, -0.2) is 4.79 Å². The van der Waals surface area contributed by atoms with E-state index in [0.29, 0.717) is 60.0 Å². The Morgan fingerprint density at radius 2 is 1.71 bits per heavy atom. The maximum atomic E-state index is 12.3. The van der Waals surface area contributed by atoms with Crippen LogP contribution in [0.4, 0.5) is 4.79 Å². The van der Waals surface area contributed by atoms with Gasteiger partial charge in [0.2, 0.25) is 0 Å². The van der Waals surface area contributed by atoms with E-state index in [1.54, 1.807) is 24.4 Å². The fourth-order valence-corrected chi connectivity index (χ4v) is 7.59. The van der Waals surface area contributed by atoms with E-state index in [1.165, 1.54) is 6.20 Å². The summed E-state index contributed by atoms with van der Waals surface area (Å²) in [6.45, 7) is 5.77. The minimum Gasteiger partial charge on any atom is -0.488 e.